The summed E-state index contributed by atoms with van der Waals surface area (Å²) in [6, 6.07) is 0. The van der Waals surface area contributed by atoms with Crippen LogP contribution in [0.1, 0.15) is 0 Å². The van der Waals surface area contributed by atoms with Crippen molar-refractivity contribution >= 4 is 31.2 Å². The van der Waals surface area contributed by atoms with Crippen molar-refractivity contribution in [3.05, 3.63) is 0 Å². The maximum absolute atomic E-state index is 4.62. The van der Waals surface area contributed by atoms with E-state index in [1.807, 2.05) is 4.90 Å². The van der Waals surface area contributed by atoms with E-state index in [1.165, 1.54) is 0 Å². The number of nitrogens with zero attached hydrogens (tertiary/aromatic N) is 1. The second kappa shape index (κ2) is 8.30. The molecule has 1 heterocycles. The Bertz CT molecular complexity index is 85.7. The van der Waals surface area contributed by atoms with Crippen molar-refractivity contribution in [2.24, 2.45) is 0 Å². The van der Waals surface area contributed by atoms with Gasteiger partial charge in [-0.05, 0) is 13.1 Å². The summed E-state index contributed by atoms with van der Waals surface area (Å²) >= 11 is 4.62. The zero-order valence-corrected chi connectivity index (χ0v) is 9.84. The predicted molar refractivity (Wildman–Crippen MR) is 45.8 cm³/mol. The fraction of sp³-hybridized carbons (Fsp3) is 0.800. The zero-order valence-electron chi connectivity index (χ0n) is 6.13. The van der Waals surface area contributed by atoms with Crippen LogP contribution in [-0.4, -0.2) is 36.6 Å². The second-order valence-corrected chi connectivity index (χ2v) is 2.01. The molecule has 0 spiro atoms. The summed E-state index contributed by atoms with van der Waals surface area (Å²) < 4.78 is 0. The summed E-state index contributed by atoms with van der Waals surface area (Å²) in [6.45, 7) is 4.13. The van der Waals surface area contributed by atoms with E-state index in [2.05, 4.69) is 23.0 Å². The molecule has 0 aliphatic carbocycles. The van der Waals surface area contributed by atoms with Crippen molar-refractivity contribution in [1.82, 2.24) is 10.2 Å². The maximum atomic E-state index is 4.62. The summed E-state index contributed by atoms with van der Waals surface area (Å²) in [7, 11) is 0. The van der Waals surface area contributed by atoms with Crippen LogP contribution in [-0.2, 0) is 13.5 Å². The van der Waals surface area contributed by atoms with Gasteiger partial charge in [-0.15, -0.1) is 0 Å². The van der Waals surface area contributed by atoms with Crippen LogP contribution < -0.4 is 34.9 Å². The zero-order chi connectivity index (χ0) is 5.82. The quantitative estimate of drug-likeness (QED) is 0.150. The van der Waals surface area contributed by atoms with Crippen LogP contribution in [0.25, 0.3) is 0 Å². The smallest absolute Gasteiger partial charge is 0.813 e. The molecule has 1 aliphatic heterocycles. The topological polar surface area (TPSA) is 15.3 Å². The van der Waals surface area contributed by atoms with E-state index in [-0.39, 0.29) is 43.1 Å². The fourth-order valence-corrected chi connectivity index (χ4v) is 0.939. The van der Waals surface area contributed by atoms with Crippen LogP contribution in [0.15, 0.2) is 0 Å². The van der Waals surface area contributed by atoms with Crippen molar-refractivity contribution in [3.63, 3.8) is 0 Å². The molecule has 1 rings (SSSR count). The first kappa shape index (κ1) is 13.8. The van der Waals surface area contributed by atoms with E-state index < -0.39 is 0 Å². The minimum Gasteiger partial charge on any atom is -0.813 e. The standard InChI is InChI=1S/C5H9N2S.Na.H2S/c8-5-7-3-1-6-2-4-7;;/h6H,1-4H2;;1H2/q-1;+1;/p-1. The molecule has 10 heavy (non-hydrogen) atoms. The van der Waals surface area contributed by atoms with Gasteiger partial charge in [-0.3, -0.25) is 0 Å². The van der Waals surface area contributed by atoms with Gasteiger partial charge >= 0.3 is 29.6 Å². The van der Waals surface area contributed by atoms with Crippen molar-refractivity contribution in [2.75, 3.05) is 26.2 Å². The molecule has 0 unspecified atom stereocenters. The third-order valence-corrected chi connectivity index (χ3v) is 1.50. The van der Waals surface area contributed by atoms with Gasteiger partial charge in [0, 0.05) is 13.1 Å². The Morgan fingerprint density at radius 1 is 1.30 bits per heavy atom. The number of rotatable bonds is 1. The van der Waals surface area contributed by atoms with E-state index in [0.29, 0.717) is 0 Å². The average Bonchev–Trinajstić information content (AvgIpc) is 1.90. The molecule has 1 fully saturated rings. The van der Waals surface area contributed by atoms with E-state index >= 15 is 0 Å². The summed E-state index contributed by atoms with van der Waals surface area (Å²) in [5.74, 6) is 0. The largest absolute Gasteiger partial charge is 1.00 e. The maximum Gasteiger partial charge on any atom is 1.00 e. The Kier molecular flexibility index (Phi) is 11.4. The van der Waals surface area contributed by atoms with Crippen molar-refractivity contribution in [3.8, 4) is 0 Å². The van der Waals surface area contributed by atoms with E-state index in [9.17, 15) is 0 Å². The van der Waals surface area contributed by atoms with Gasteiger partial charge in [0.25, 0.3) is 0 Å². The third kappa shape index (κ3) is 4.93. The monoisotopic (exact) mass is 185 g/mol. The molecule has 54 valence electrons. The normalized spacial score (nSPS) is 16.6. The minimum atomic E-state index is 0. The molecule has 1 aliphatic rings. The van der Waals surface area contributed by atoms with Crippen LogP contribution in [0, 0.1) is 0 Å². The SMILES string of the molecule is S=[C-]N1CCNCC1.[Na+].[SH-]. The average molecular weight is 185 g/mol. The van der Waals surface area contributed by atoms with Gasteiger partial charge in [-0.1, -0.05) is 0 Å². The van der Waals surface area contributed by atoms with Crippen molar-refractivity contribution in [1.29, 1.82) is 0 Å². The van der Waals surface area contributed by atoms with Gasteiger partial charge in [-0.25, -0.2) is 0 Å². The molecule has 0 saturated carbocycles. The molecule has 1 N–H and O–H groups in total. The number of hydrogen-bond donors (Lipinski definition) is 1. The van der Waals surface area contributed by atoms with Gasteiger partial charge in [0.1, 0.15) is 0 Å². The Balaban J connectivity index is 0. The molecule has 0 bridgehead atoms. The summed E-state index contributed by atoms with van der Waals surface area (Å²) in [4.78, 5) is 2.02. The molecule has 2 nitrogen and oxygen atoms in total. The molecule has 0 aromatic heterocycles. The number of thiol groups is 1. The molecule has 1 saturated heterocycles. The Morgan fingerprint density at radius 2 is 1.80 bits per heavy atom. The van der Waals surface area contributed by atoms with Crippen molar-refractivity contribution < 1.29 is 29.6 Å². The number of hydrogen-bond acceptors (Lipinski definition) is 3. The third-order valence-electron chi connectivity index (χ3n) is 1.25. The molecule has 0 radical (unpaired) electrons. The molecule has 0 atom stereocenters. The second-order valence-electron chi connectivity index (χ2n) is 1.83. The molecular formula is C5H10N2NaS2-. The number of nitrogens with one attached hydrogen (secondary N) is 1. The van der Waals surface area contributed by atoms with Gasteiger partial charge in [0.15, 0.2) is 0 Å². The van der Waals surface area contributed by atoms with E-state index in [1.54, 1.807) is 0 Å². The van der Waals surface area contributed by atoms with Crippen LogP contribution in [0.3, 0.4) is 0 Å². The van der Waals surface area contributed by atoms with Crippen LogP contribution >= 0.6 is 12.2 Å². The summed E-state index contributed by atoms with van der Waals surface area (Å²) in [5, 5.41) is 3.22. The first-order valence-electron chi connectivity index (χ1n) is 2.77. The molecule has 0 aromatic carbocycles. The van der Waals surface area contributed by atoms with Crippen LogP contribution in [0.2, 0.25) is 0 Å². The Morgan fingerprint density at radius 3 is 2.10 bits per heavy atom. The van der Waals surface area contributed by atoms with Gasteiger partial charge in [0.2, 0.25) is 0 Å². The van der Waals surface area contributed by atoms with Crippen LogP contribution in [0.4, 0.5) is 0 Å². The molecule has 0 amide bonds. The predicted octanol–water partition coefficient (Wildman–Crippen LogP) is -3.54. The molecular weight excluding hydrogens is 175 g/mol. The van der Waals surface area contributed by atoms with Gasteiger partial charge < -0.3 is 41.4 Å². The van der Waals surface area contributed by atoms with E-state index in [0.717, 1.165) is 26.2 Å². The van der Waals surface area contributed by atoms with Gasteiger partial charge in [0.05, 0.1) is 0 Å². The van der Waals surface area contributed by atoms with Gasteiger partial charge in [-0.2, -0.15) is 0 Å². The Labute approximate surface area is 96.5 Å². The summed E-state index contributed by atoms with van der Waals surface area (Å²) in [6.07, 6.45) is 0. The van der Waals surface area contributed by atoms with Crippen LogP contribution in [0.5, 0.6) is 0 Å². The number of thiocarbonyl (C=S) groups is 1. The fourth-order valence-electron chi connectivity index (χ4n) is 0.756. The first-order valence-corrected chi connectivity index (χ1v) is 3.18. The first-order chi connectivity index (χ1) is 3.93. The molecule has 5 heteroatoms. The number of piperazine rings is 1. The van der Waals surface area contributed by atoms with Crippen molar-refractivity contribution in [2.45, 2.75) is 0 Å². The molecule has 0 aromatic rings. The minimum absolute atomic E-state index is 0. The van der Waals surface area contributed by atoms with E-state index in [4.69, 9.17) is 0 Å². The summed E-state index contributed by atoms with van der Waals surface area (Å²) in [5.41, 5.74) is 2.68. The Hall–Kier alpha value is 1.20.